The lowest BCUT2D eigenvalue weighted by atomic mass is 10.2. The number of amides is 2. The molecule has 0 spiro atoms. The van der Waals surface area contributed by atoms with Gasteiger partial charge in [0.25, 0.3) is 5.91 Å². The number of para-hydroxylation sites is 1. The molecule has 1 saturated heterocycles. The molecule has 0 unspecified atom stereocenters. The Morgan fingerprint density at radius 1 is 1.22 bits per heavy atom. The number of rotatable bonds is 5. The summed E-state index contributed by atoms with van der Waals surface area (Å²) in [4.78, 5) is 37.3. The standard InChI is InChI=1S/C17H22N2O4/c1-13(17(22)18-14-8-4-2-5-9-14)23-16(21)12-19-11-7-3-6-10-15(19)20/h2,4-5,8-9,13H,3,6-7,10-12H2,1H3,(H,18,22)/t13-/m0/s1. The zero-order chi connectivity index (χ0) is 16.7. The number of nitrogens with one attached hydrogen (secondary N) is 1. The van der Waals surface area contributed by atoms with Crippen molar-refractivity contribution in [3.8, 4) is 0 Å². The minimum absolute atomic E-state index is 0.0270. The molecule has 1 aromatic rings. The number of carbonyl (C=O) groups excluding carboxylic acids is 3. The first kappa shape index (κ1) is 17.0. The van der Waals surface area contributed by atoms with Crippen molar-refractivity contribution in [2.75, 3.05) is 18.4 Å². The van der Waals surface area contributed by atoms with Crippen LogP contribution in [-0.2, 0) is 19.1 Å². The van der Waals surface area contributed by atoms with Gasteiger partial charge in [0.15, 0.2) is 6.10 Å². The number of esters is 1. The average molecular weight is 318 g/mol. The van der Waals surface area contributed by atoms with E-state index in [1.807, 2.05) is 6.07 Å². The van der Waals surface area contributed by atoms with Crippen molar-refractivity contribution in [3.63, 3.8) is 0 Å². The largest absolute Gasteiger partial charge is 0.451 e. The smallest absolute Gasteiger partial charge is 0.326 e. The van der Waals surface area contributed by atoms with Gasteiger partial charge in [-0.3, -0.25) is 14.4 Å². The van der Waals surface area contributed by atoms with Crippen LogP contribution < -0.4 is 5.32 Å². The Balaban J connectivity index is 1.81. The van der Waals surface area contributed by atoms with Crippen molar-refractivity contribution < 1.29 is 19.1 Å². The summed E-state index contributed by atoms with van der Waals surface area (Å²) < 4.78 is 5.13. The molecule has 1 aliphatic rings. The molecule has 6 nitrogen and oxygen atoms in total. The Morgan fingerprint density at radius 2 is 1.96 bits per heavy atom. The second-order valence-corrected chi connectivity index (χ2v) is 5.61. The minimum atomic E-state index is -0.912. The maximum absolute atomic E-state index is 12.0. The van der Waals surface area contributed by atoms with E-state index in [0.29, 0.717) is 18.7 Å². The van der Waals surface area contributed by atoms with Gasteiger partial charge in [-0.05, 0) is 31.9 Å². The van der Waals surface area contributed by atoms with Gasteiger partial charge in [-0.2, -0.15) is 0 Å². The number of hydrogen-bond donors (Lipinski definition) is 1. The highest BCUT2D eigenvalue weighted by Crippen LogP contribution is 2.11. The fourth-order valence-electron chi connectivity index (χ4n) is 2.41. The van der Waals surface area contributed by atoms with Crippen molar-refractivity contribution in [1.82, 2.24) is 4.90 Å². The van der Waals surface area contributed by atoms with E-state index in [9.17, 15) is 14.4 Å². The van der Waals surface area contributed by atoms with Crippen molar-refractivity contribution in [3.05, 3.63) is 30.3 Å². The highest BCUT2D eigenvalue weighted by atomic mass is 16.5. The molecular weight excluding hydrogens is 296 g/mol. The molecule has 1 aromatic carbocycles. The highest BCUT2D eigenvalue weighted by molar-refractivity contribution is 5.95. The van der Waals surface area contributed by atoms with E-state index < -0.39 is 18.0 Å². The van der Waals surface area contributed by atoms with Crippen LogP contribution in [0.4, 0.5) is 5.69 Å². The number of likely N-dealkylation sites (tertiary alicyclic amines) is 1. The van der Waals surface area contributed by atoms with Crippen LogP contribution in [0.1, 0.15) is 32.6 Å². The van der Waals surface area contributed by atoms with Crippen LogP contribution in [0.2, 0.25) is 0 Å². The Labute approximate surface area is 135 Å². The summed E-state index contributed by atoms with van der Waals surface area (Å²) >= 11 is 0. The van der Waals surface area contributed by atoms with Crippen LogP contribution in [0, 0.1) is 0 Å². The van der Waals surface area contributed by atoms with Gasteiger partial charge in [0, 0.05) is 18.7 Å². The number of nitrogens with zero attached hydrogens (tertiary/aromatic N) is 1. The molecule has 0 aromatic heterocycles. The normalized spacial score (nSPS) is 16.4. The molecule has 0 saturated carbocycles. The lowest BCUT2D eigenvalue weighted by Crippen LogP contribution is -2.38. The molecule has 6 heteroatoms. The zero-order valence-electron chi connectivity index (χ0n) is 13.3. The molecule has 2 rings (SSSR count). The minimum Gasteiger partial charge on any atom is -0.451 e. The summed E-state index contributed by atoms with van der Waals surface area (Å²) in [5.74, 6) is -0.983. The maximum atomic E-state index is 12.0. The topological polar surface area (TPSA) is 75.7 Å². The third-order valence-corrected chi connectivity index (χ3v) is 3.71. The summed E-state index contributed by atoms with van der Waals surface area (Å²) in [5, 5.41) is 2.67. The van der Waals surface area contributed by atoms with Gasteiger partial charge in [0.05, 0.1) is 0 Å². The van der Waals surface area contributed by atoms with E-state index >= 15 is 0 Å². The first-order chi connectivity index (χ1) is 11.1. The molecule has 1 atom stereocenters. The van der Waals surface area contributed by atoms with E-state index in [2.05, 4.69) is 5.32 Å². The fraction of sp³-hybridized carbons (Fsp3) is 0.471. The Morgan fingerprint density at radius 3 is 2.70 bits per heavy atom. The van der Waals surface area contributed by atoms with Crippen LogP contribution in [0.15, 0.2) is 30.3 Å². The molecule has 1 heterocycles. The summed E-state index contributed by atoms with van der Waals surface area (Å²) in [6, 6.07) is 8.95. The quantitative estimate of drug-likeness (QED) is 0.842. The second-order valence-electron chi connectivity index (χ2n) is 5.61. The first-order valence-corrected chi connectivity index (χ1v) is 7.89. The molecule has 0 radical (unpaired) electrons. The summed E-state index contributed by atoms with van der Waals surface area (Å²) in [6.45, 7) is 1.99. The van der Waals surface area contributed by atoms with Gasteiger partial charge < -0.3 is 15.0 Å². The molecule has 1 N–H and O–H groups in total. The van der Waals surface area contributed by atoms with Crippen LogP contribution in [0.3, 0.4) is 0 Å². The third kappa shape index (κ3) is 5.39. The summed E-state index contributed by atoms with van der Waals surface area (Å²) in [6.07, 6.45) is 2.30. The maximum Gasteiger partial charge on any atom is 0.326 e. The molecule has 0 bridgehead atoms. The van der Waals surface area contributed by atoms with E-state index in [1.54, 1.807) is 24.3 Å². The molecule has 1 aliphatic heterocycles. The van der Waals surface area contributed by atoms with Crippen molar-refractivity contribution >= 4 is 23.5 Å². The summed E-state index contributed by atoms with van der Waals surface area (Å²) in [5.41, 5.74) is 0.642. The lowest BCUT2D eigenvalue weighted by Gasteiger charge is -2.20. The van der Waals surface area contributed by atoms with Gasteiger partial charge in [0.2, 0.25) is 5.91 Å². The van der Waals surface area contributed by atoms with E-state index in [0.717, 1.165) is 19.3 Å². The number of ether oxygens (including phenoxy) is 1. The van der Waals surface area contributed by atoms with Crippen molar-refractivity contribution in [2.24, 2.45) is 0 Å². The molecule has 2 amide bonds. The SMILES string of the molecule is C[C@H](OC(=O)CN1CCCCCC1=O)C(=O)Nc1ccccc1. The van der Waals surface area contributed by atoms with E-state index in [4.69, 9.17) is 4.74 Å². The molecule has 124 valence electrons. The number of hydrogen-bond acceptors (Lipinski definition) is 4. The van der Waals surface area contributed by atoms with Crippen LogP contribution in [0.25, 0.3) is 0 Å². The van der Waals surface area contributed by atoms with Crippen molar-refractivity contribution in [2.45, 2.75) is 38.7 Å². The number of anilines is 1. The van der Waals surface area contributed by atoms with Gasteiger partial charge in [-0.1, -0.05) is 24.6 Å². The van der Waals surface area contributed by atoms with Crippen LogP contribution in [-0.4, -0.2) is 41.9 Å². The Bertz CT molecular complexity index is 559. The van der Waals surface area contributed by atoms with Gasteiger partial charge in [0.1, 0.15) is 6.54 Å². The van der Waals surface area contributed by atoms with E-state index in [-0.39, 0.29) is 12.5 Å². The molecular formula is C17H22N2O4. The van der Waals surface area contributed by atoms with E-state index in [1.165, 1.54) is 11.8 Å². The molecule has 1 fully saturated rings. The highest BCUT2D eigenvalue weighted by Gasteiger charge is 2.23. The zero-order valence-corrected chi connectivity index (χ0v) is 13.3. The summed E-state index contributed by atoms with van der Waals surface area (Å²) in [7, 11) is 0. The Kier molecular flexibility index (Phi) is 6.14. The lowest BCUT2D eigenvalue weighted by molar-refractivity contribution is -0.156. The number of benzene rings is 1. The Hall–Kier alpha value is -2.37. The predicted octanol–water partition coefficient (Wildman–Crippen LogP) is 1.96. The third-order valence-electron chi connectivity index (χ3n) is 3.71. The molecule has 0 aliphatic carbocycles. The van der Waals surface area contributed by atoms with Crippen molar-refractivity contribution in [1.29, 1.82) is 0 Å². The van der Waals surface area contributed by atoms with Crippen LogP contribution >= 0.6 is 0 Å². The van der Waals surface area contributed by atoms with Crippen LogP contribution in [0.5, 0.6) is 0 Å². The second kappa shape index (κ2) is 8.31. The average Bonchev–Trinajstić information content (AvgIpc) is 2.73. The monoisotopic (exact) mass is 318 g/mol. The number of carbonyl (C=O) groups is 3. The fourth-order valence-corrected chi connectivity index (χ4v) is 2.41. The van der Waals surface area contributed by atoms with Gasteiger partial charge in [-0.15, -0.1) is 0 Å². The molecule has 23 heavy (non-hydrogen) atoms. The van der Waals surface area contributed by atoms with Gasteiger partial charge >= 0.3 is 5.97 Å². The first-order valence-electron chi connectivity index (χ1n) is 7.89. The predicted molar refractivity (Wildman–Crippen MR) is 85.7 cm³/mol. The van der Waals surface area contributed by atoms with Gasteiger partial charge in [-0.25, -0.2) is 0 Å².